The zero-order valence-electron chi connectivity index (χ0n) is 15.3. The minimum Gasteiger partial charge on any atom is -0.493 e. The van der Waals surface area contributed by atoms with Crippen LogP contribution in [-0.2, 0) is 11.2 Å². The lowest BCUT2D eigenvalue weighted by Gasteiger charge is -2.22. The summed E-state index contributed by atoms with van der Waals surface area (Å²) in [6, 6.07) is 9.90. The van der Waals surface area contributed by atoms with Crippen LogP contribution in [-0.4, -0.2) is 24.3 Å². The van der Waals surface area contributed by atoms with Gasteiger partial charge in [-0.1, -0.05) is 30.3 Å². The summed E-state index contributed by atoms with van der Waals surface area (Å²) < 4.78 is 11.9. The van der Waals surface area contributed by atoms with Crippen molar-refractivity contribution in [3.05, 3.63) is 47.0 Å². The standard InChI is InChI=1S/C22H22O4/c1-13-4-7-18(16-5-8-17-15(12-16)6-9-19(17)24)21(20(13)25-3)26-22(10-11-22)14(2)23/h4-5,7-8,12H,6,9-11H2,1-3H3. The molecule has 0 radical (unpaired) electrons. The molecule has 0 unspecified atom stereocenters. The minimum atomic E-state index is -0.720. The van der Waals surface area contributed by atoms with Crippen LogP contribution in [0.4, 0.5) is 0 Å². The highest BCUT2D eigenvalue weighted by Gasteiger charge is 2.51. The normalized spacial score (nSPS) is 17.0. The van der Waals surface area contributed by atoms with Crippen LogP contribution in [0.2, 0.25) is 0 Å². The molecule has 2 aromatic rings. The molecule has 0 atom stereocenters. The van der Waals surface area contributed by atoms with Crippen LogP contribution in [0.1, 0.15) is 47.7 Å². The van der Waals surface area contributed by atoms with E-state index >= 15 is 0 Å². The molecule has 4 heteroatoms. The Labute approximate surface area is 153 Å². The van der Waals surface area contributed by atoms with Crippen molar-refractivity contribution in [1.82, 2.24) is 0 Å². The first-order chi connectivity index (χ1) is 12.4. The number of fused-ring (bicyclic) bond motifs is 1. The van der Waals surface area contributed by atoms with Gasteiger partial charge in [0.1, 0.15) is 0 Å². The van der Waals surface area contributed by atoms with Crippen LogP contribution in [0.3, 0.4) is 0 Å². The molecule has 0 heterocycles. The second-order valence-corrected chi connectivity index (χ2v) is 7.24. The van der Waals surface area contributed by atoms with Gasteiger partial charge in [0.05, 0.1) is 7.11 Å². The number of carbonyl (C=O) groups is 2. The zero-order valence-corrected chi connectivity index (χ0v) is 15.3. The molecule has 26 heavy (non-hydrogen) atoms. The van der Waals surface area contributed by atoms with Crippen molar-refractivity contribution in [3.63, 3.8) is 0 Å². The zero-order chi connectivity index (χ0) is 18.5. The van der Waals surface area contributed by atoms with Gasteiger partial charge in [0.15, 0.2) is 28.7 Å². The number of hydrogen-bond acceptors (Lipinski definition) is 4. The van der Waals surface area contributed by atoms with E-state index in [9.17, 15) is 9.59 Å². The second kappa shape index (κ2) is 5.97. The average Bonchev–Trinajstić information content (AvgIpc) is 3.32. The summed E-state index contributed by atoms with van der Waals surface area (Å²) in [7, 11) is 1.62. The number of methoxy groups -OCH3 is 1. The molecule has 0 aromatic heterocycles. The number of benzene rings is 2. The summed E-state index contributed by atoms with van der Waals surface area (Å²) in [6.45, 7) is 3.54. The molecule has 0 amide bonds. The third-order valence-corrected chi connectivity index (χ3v) is 5.49. The van der Waals surface area contributed by atoms with Gasteiger partial charge in [-0.3, -0.25) is 9.59 Å². The predicted octanol–water partition coefficient (Wildman–Crippen LogP) is 4.30. The van der Waals surface area contributed by atoms with E-state index in [0.29, 0.717) is 17.9 Å². The fraction of sp³-hybridized carbons (Fsp3) is 0.364. The van der Waals surface area contributed by atoms with Crippen molar-refractivity contribution in [2.75, 3.05) is 7.11 Å². The summed E-state index contributed by atoms with van der Waals surface area (Å²) in [5, 5.41) is 0. The van der Waals surface area contributed by atoms with Gasteiger partial charge in [0, 0.05) is 17.5 Å². The number of ether oxygens (including phenoxy) is 2. The number of aryl methyl sites for hydroxylation is 2. The minimum absolute atomic E-state index is 0.0477. The number of carbonyl (C=O) groups excluding carboxylic acids is 2. The number of rotatable bonds is 5. The molecule has 134 valence electrons. The van der Waals surface area contributed by atoms with Gasteiger partial charge in [-0.25, -0.2) is 0 Å². The molecule has 0 N–H and O–H groups in total. The van der Waals surface area contributed by atoms with Gasteiger partial charge >= 0.3 is 0 Å². The Morgan fingerprint density at radius 3 is 2.42 bits per heavy atom. The van der Waals surface area contributed by atoms with Gasteiger partial charge in [-0.05, 0) is 49.8 Å². The summed E-state index contributed by atoms with van der Waals surface area (Å²) in [6.07, 6.45) is 2.82. The van der Waals surface area contributed by atoms with E-state index in [1.807, 2.05) is 31.2 Å². The summed E-state index contributed by atoms with van der Waals surface area (Å²) in [5.41, 5.74) is 4.00. The van der Waals surface area contributed by atoms with Crippen molar-refractivity contribution in [2.45, 2.75) is 45.1 Å². The van der Waals surface area contributed by atoms with Gasteiger partial charge in [-0.2, -0.15) is 0 Å². The van der Waals surface area contributed by atoms with Gasteiger partial charge in [0.25, 0.3) is 0 Å². The van der Waals surface area contributed by atoms with Crippen LogP contribution < -0.4 is 9.47 Å². The van der Waals surface area contributed by atoms with Gasteiger partial charge in [0.2, 0.25) is 0 Å². The Kier molecular flexibility index (Phi) is 3.87. The average molecular weight is 350 g/mol. The smallest absolute Gasteiger partial charge is 0.173 e. The molecule has 4 nitrogen and oxygen atoms in total. The second-order valence-electron chi connectivity index (χ2n) is 7.24. The highest BCUT2D eigenvalue weighted by molar-refractivity contribution is 6.01. The molecule has 2 aliphatic carbocycles. The molecule has 4 rings (SSSR count). The fourth-order valence-electron chi connectivity index (χ4n) is 3.70. The molecular formula is C22H22O4. The fourth-order valence-corrected chi connectivity index (χ4v) is 3.70. The molecule has 1 saturated carbocycles. The van der Waals surface area contributed by atoms with E-state index in [1.165, 1.54) is 0 Å². The maximum atomic E-state index is 12.1. The summed E-state index contributed by atoms with van der Waals surface area (Å²) >= 11 is 0. The van der Waals surface area contributed by atoms with Crippen molar-refractivity contribution < 1.29 is 19.1 Å². The molecule has 1 fully saturated rings. The van der Waals surface area contributed by atoms with E-state index in [4.69, 9.17) is 9.47 Å². The van der Waals surface area contributed by atoms with E-state index in [0.717, 1.165) is 47.1 Å². The van der Waals surface area contributed by atoms with E-state index in [-0.39, 0.29) is 11.6 Å². The maximum absolute atomic E-state index is 12.1. The van der Waals surface area contributed by atoms with Gasteiger partial charge < -0.3 is 9.47 Å². The van der Waals surface area contributed by atoms with Crippen molar-refractivity contribution >= 4 is 11.6 Å². The first-order valence-electron chi connectivity index (χ1n) is 8.99. The summed E-state index contributed by atoms with van der Waals surface area (Å²) in [4.78, 5) is 24.0. The largest absolute Gasteiger partial charge is 0.493 e. The van der Waals surface area contributed by atoms with Crippen LogP contribution in [0, 0.1) is 6.92 Å². The van der Waals surface area contributed by atoms with Crippen molar-refractivity contribution in [3.8, 4) is 22.6 Å². The lowest BCUT2D eigenvalue weighted by molar-refractivity contribution is -0.125. The lowest BCUT2D eigenvalue weighted by Crippen LogP contribution is -2.27. The monoisotopic (exact) mass is 350 g/mol. The first kappa shape index (κ1) is 16.8. The molecule has 0 saturated heterocycles. The Morgan fingerprint density at radius 1 is 1.04 bits per heavy atom. The topological polar surface area (TPSA) is 52.6 Å². The highest BCUT2D eigenvalue weighted by Crippen LogP contribution is 2.48. The van der Waals surface area contributed by atoms with Crippen LogP contribution in [0.5, 0.6) is 11.5 Å². The first-order valence-corrected chi connectivity index (χ1v) is 8.99. The van der Waals surface area contributed by atoms with E-state index in [2.05, 4.69) is 6.07 Å². The van der Waals surface area contributed by atoms with E-state index in [1.54, 1.807) is 14.0 Å². The quantitative estimate of drug-likeness (QED) is 0.807. The van der Waals surface area contributed by atoms with Crippen molar-refractivity contribution in [2.24, 2.45) is 0 Å². The molecule has 0 aliphatic heterocycles. The summed E-state index contributed by atoms with van der Waals surface area (Å²) in [5.74, 6) is 1.53. The molecule has 2 aromatic carbocycles. The van der Waals surface area contributed by atoms with Crippen LogP contribution >= 0.6 is 0 Å². The predicted molar refractivity (Wildman–Crippen MR) is 99.1 cm³/mol. The van der Waals surface area contributed by atoms with Gasteiger partial charge in [-0.15, -0.1) is 0 Å². The Bertz CT molecular complexity index is 922. The Morgan fingerprint density at radius 2 is 1.77 bits per heavy atom. The Balaban J connectivity index is 1.84. The third kappa shape index (κ3) is 2.61. The van der Waals surface area contributed by atoms with Crippen molar-refractivity contribution in [1.29, 1.82) is 0 Å². The number of ketones is 2. The van der Waals surface area contributed by atoms with E-state index < -0.39 is 5.60 Å². The third-order valence-electron chi connectivity index (χ3n) is 5.49. The van der Waals surface area contributed by atoms with Crippen LogP contribution in [0.15, 0.2) is 30.3 Å². The highest BCUT2D eigenvalue weighted by atomic mass is 16.5. The number of hydrogen-bond donors (Lipinski definition) is 0. The molecular weight excluding hydrogens is 328 g/mol. The number of Topliss-reactive ketones (excluding diaryl/α,β-unsaturated/α-hetero) is 2. The maximum Gasteiger partial charge on any atom is 0.173 e. The molecule has 0 bridgehead atoms. The Hall–Kier alpha value is -2.62. The molecule has 2 aliphatic rings. The van der Waals surface area contributed by atoms with Crippen LogP contribution in [0.25, 0.3) is 11.1 Å². The SMILES string of the molecule is COc1c(C)ccc(-c2ccc3c(c2)CCC3=O)c1OC1(C(C)=O)CC1. The molecule has 0 spiro atoms. The lowest BCUT2D eigenvalue weighted by atomic mass is 9.98.